The molecular formula is C25H31N3O5S. The number of aliphatic hydroxyl groups excluding tert-OH is 1. The van der Waals surface area contributed by atoms with Gasteiger partial charge in [0.25, 0.3) is 0 Å². The number of aliphatic hydroxyl groups is 1. The van der Waals surface area contributed by atoms with E-state index in [1.165, 1.54) is 13.1 Å². The smallest absolute Gasteiger partial charge is 0.245 e. The largest absolute Gasteiger partial charge is 0.493 e. The Balaban J connectivity index is 1.96. The first-order valence-electron chi connectivity index (χ1n) is 10.9. The third-order valence-corrected chi connectivity index (χ3v) is 7.64. The van der Waals surface area contributed by atoms with Crippen LogP contribution in [0.5, 0.6) is 5.75 Å². The zero-order valence-electron chi connectivity index (χ0n) is 20.3. The molecule has 8 nitrogen and oxygen atoms in total. The molecule has 0 bridgehead atoms. The molecule has 2 aromatic carbocycles. The number of hydrogen-bond acceptors (Lipinski definition) is 7. The van der Waals surface area contributed by atoms with Crippen molar-refractivity contribution >= 4 is 26.7 Å². The van der Waals surface area contributed by atoms with E-state index < -0.39 is 21.5 Å². The first-order chi connectivity index (χ1) is 15.9. The van der Waals surface area contributed by atoms with Crippen molar-refractivity contribution in [3.8, 4) is 11.8 Å². The van der Waals surface area contributed by atoms with Gasteiger partial charge in [0.2, 0.25) is 10.0 Å². The molecule has 0 aliphatic heterocycles. The highest BCUT2D eigenvalue weighted by Crippen LogP contribution is 2.34. The fourth-order valence-electron chi connectivity index (χ4n) is 3.44. The van der Waals surface area contributed by atoms with Crippen LogP contribution in [-0.4, -0.2) is 44.6 Å². The number of ether oxygens (including phenoxy) is 1. The molecule has 34 heavy (non-hydrogen) atoms. The van der Waals surface area contributed by atoms with Crippen LogP contribution in [0.3, 0.4) is 0 Å². The van der Waals surface area contributed by atoms with E-state index in [0.29, 0.717) is 22.8 Å². The van der Waals surface area contributed by atoms with E-state index >= 15 is 0 Å². The van der Waals surface area contributed by atoms with Gasteiger partial charge in [-0.3, -0.25) is 0 Å². The van der Waals surface area contributed by atoms with Crippen LogP contribution in [-0.2, 0) is 10.0 Å². The summed E-state index contributed by atoms with van der Waals surface area (Å²) in [6, 6.07) is 13.5. The zero-order chi connectivity index (χ0) is 25.3. The minimum atomic E-state index is -4.01. The van der Waals surface area contributed by atoms with Crippen molar-refractivity contribution in [3.63, 3.8) is 0 Å². The fraction of sp³-hybridized carbons (Fsp3) is 0.400. The van der Waals surface area contributed by atoms with Gasteiger partial charge < -0.3 is 19.6 Å². The highest BCUT2D eigenvalue weighted by Gasteiger charge is 2.31. The molecular weight excluding hydrogens is 454 g/mol. The number of methoxy groups -OCH3 is 1. The van der Waals surface area contributed by atoms with Gasteiger partial charge >= 0.3 is 0 Å². The summed E-state index contributed by atoms with van der Waals surface area (Å²) in [4.78, 5) is -0.0456. The number of benzene rings is 2. The molecule has 0 aliphatic rings. The van der Waals surface area contributed by atoms with E-state index in [4.69, 9.17) is 9.15 Å². The number of rotatable bonds is 8. The SMILES string of the molecule is COc1cccc2cc(C(C)Nc3ccc(C#N)cc3S(=O)(=O)N(C)CC(O)C(C)(C)C)oc12. The monoisotopic (exact) mass is 485 g/mol. The van der Waals surface area contributed by atoms with Crippen molar-refractivity contribution < 1.29 is 22.7 Å². The summed E-state index contributed by atoms with van der Waals surface area (Å²) in [6.45, 7) is 7.29. The first-order valence-corrected chi connectivity index (χ1v) is 12.3. The predicted molar refractivity (Wildman–Crippen MR) is 131 cm³/mol. The van der Waals surface area contributed by atoms with Crippen LogP contribution in [0.25, 0.3) is 11.0 Å². The maximum atomic E-state index is 13.5. The molecule has 0 aliphatic carbocycles. The van der Waals surface area contributed by atoms with Crippen molar-refractivity contribution in [2.45, 2.75) is 44.7 Å². The number of hydrogen-bond donors (Lipinski definition) is 2. The van der Waals surface area contributed by atoms with Gasteiger partial charge in [0.1, 0.15) is 10.7 Å². The summed E-state index contributed by atoms with van der Waals surface area (Å²) in [7, 11) is -1.02. The average molecular weight is 486 g/mol. The average Bonchev–Trinajstić information content (AvgIpc) is 3.23. The molecule has 3 rings (SSSR count). The molecule has 2 N–H and O–H groups in total. The lowest BCUT2D eigenvalue weighted by Crippen LogP contribution is -2.40. The van der Waals surface area contributed by atoms with Crippen molar-refractivity contribution in [1.29, 1.82) is 5.26 Å². The maximum absolute atomic E-state index is 13.5. The van der Waals surface area contributed by atoms with Gasteiger partial charge in [-0.2, -0.15) is 9.57 Å². The highest BCUT2D eigenvalue weighted by molar-refractivity contribution is 7.89. The first kappa shape index (κ1) is 25.6. The van der Waals surface area contributed by atoms with Crippen LogP contribution in [0, 0.1) is 16.7 Å². The summed E-state index contributed by atoms with van der Waals surface area (Å²) in [5.41, 5.74) is 0.666. The van der Waals surface area contributed by atoms with Crippen LogP contribution < -0.4 is 10.1 Å². The molecule has 0 amide bonds. The molecule has 9 heteroatoms. The van der Waals surface area contributed by atoms with E-state index in [0.717, 1.165) is 9.69 Å². The lowest BCUT2D eigenvalue weighted by atomic mass is 9.89. The molecule has 1 heterocycles. The number of likely N-dealkylation sites (N-methyl/N-ethyl adjacent to an activating group) is 1. The summed E-state index contributed by atoms with van der Waals surface area (Å²) in [5.74, 6) is 1.21. The highest BCUT2D eigenvalue weighted by atomic mass is 32.2. The fourth-order valence-corrected chi connectivity index (χ4v) is 4.80. The molecule has 0 fully saturated rings. The summed E-state index contributed by atoms with van der Waals surface area (Å²) < 4.78 is 39.4. The second-order valence-corrected chi connectivity index (χ2v) is 11.4. The van der Waals surface area contributed by atoms with Gasteiger partial charge in [-0.25, -0.2) is 8.42 Å². The van der Waals surface area contributed by atoms with Gasteiger partial charge in [-0.15, -0.1) is 0 Å². The van der Waals surface area contributed by atoms with Crippen molar-refractivity contribution in [3.05, 3.63) is 53.8 Å². The number of para-hydroxylation sites is 1. The molecule has 0 radical (unpaired) electrons. The normalized spacial score (nSPS) is 14.1. The number of nitrogens with zero attached hydrogens (tertiary/aromatic N) is 2. The Bertz CT molecular complexity index is 1320. The number of nitriles is 1. The number of fused-ring (bicyclic) bond motifs is 1. The van der Waals surface area contributed by atoms with Gasteiger partial charge in [0.05, 0.1) is 36.6 Å². The van der Waals surface area contributed by atoms with Crippen molar-refractivity contribution in [2.24, 2.45) is 5.41 Å². The van der Waals surface area contributed by atoms with E-state index in [-0.39, 0.29) is 23.0 Å². The Labute approximate surface area is 200 Å². The predicted octanol–water partition coefficient (Wildman–Crippen LogP) is 4.51. The van der Waals surface area contributed by atoms with Crippen LogP contribution >= 0.6 is 0 Å². The molecule has 182 valence electrons. The van der Waals surface area contributed by atoms with Crippen LogP contribution in [0.1, 0.15) is 45.1 Å². The lowest BCUT2D eigenvalue weighted by molar-refractivity contribution is 0.0506. The topological polar surface area (TPSA) is 116 Å². The van der Waals surface area contributed by atoms with Crippen molar-refractivity contribution in [2.75, 3.05) is 26.0 Å². The Hall–Kier alpha value is -3.06. The quantitative estimate of drug-likeness (QED) is 0.482. The number of furan rings is 1. The van der Waals surface area contributed by atoms with Gasteiger partial charge in [-0.05, 0) is 42.7 Å². The van der Waals surface area contributed by atoms with Crippen LogP contribution in [0.15, 0.2) is 51.8 Å². The molecule has 0 saturated heterocycles. The molecule has 3 aromatic rings. The molecule has 1 aromatic heterocycles. The molecule has 2 unspecified atom stereocenters. The third kappa shape index (κ3) is 5.20. The Morgan fingerprint density at radius 1 is 1.24 bits per heavy atom. The molecule has 0 saturated carbocycles. The Kier molecular flexibility index (Phi) is 7.26. The van der Waals surface area contributed by atoms with E-state index in [1.54, 1.807) is 25.3 Å². The van der Waals surface area contributed by atoms with E-state index in [1.807, 2.05) is 52.0 Å². The van der Waals surface area contributed by atoms with Crippen LogP contribution in [0.4, 0.5) is 5.69 Å². The summed E-state index contributed by atoms with van der Waals surface area (Å²) in [6.07, 6.45) is -0.868. The summed E-state index contributed by atoms with van der Waals surface area (Å²) in [5, 5.41) is 23.9. The summed E-state index contributed by atoms with van der Waals surface area (Å²) >= 11 is 0. The molecule has 2 atom stereocenters. The number of nitrogens with one attached hydrogen (secondary N) is 1. The van der Waals surface area contributed by atoms with Crippen LogP contribution in [0.2, 0.25) is 0 Å². The Morgan fingerprint density at radius 3 is 2.56 bits per heavy atom. The standard InChI is InChI=1S/C25H31N3O5S/c1-16(21-13-18-8-7-9-20(32-6)24(18)33-21)27-19-11-10-17(14-26)12-22(19)34(30,31)28(5)15-23(29)25(2,3)4/h7-13,16,23,27,29H,15H2,1-6H3. The third-order valence-electron chi connectivity index (χ3n) is 5.77. The maximum Gasteiger partial charge on any atom is 0.245 e. The second kappa shape index (κ2) is 9.66. The minimum absolute atomic E-state index is 0.0456. The Morgan fingerprint density at radius 2 is 1.94 bits per heavy atom. The second-order valence-electron chi connectivity index (χ2n) is 9.38. The van der Waals surface area contributed by atoms with Gasteiger partial charge in [0, 0.05) is 19.0 Å². The van der Waals surface area contributed by atoms with E-state index in [2.05, 4.69) is 5.32 Å². The zero-order valence-corrected chi connectivity index (χ0v) is 21.1. The van der Waals surface area contributed by atoms with Gasteiger partial charge in [0.15, 0.2) is 11.3 Å². The van der Waals surface area contributed by atoms with Crippen molar-refractivity contribution in [1.82, 2.24) is 4.31 Å². The molecule has 0 spiro atoms. The van der Waals surface area contributed by atoms with E-state index in [9.17, 15) is 18.8 Å². The number of anilines is 1. The minimum Gasteiger partial charge on any atom is -0.493 e. The lowest BCUT2D eigenvalue weighted by Gasteiger charge is -2.30. The van der Waals surface area contributed by atoms with Gasteiger partial charge in [-0.1, -0.05) is 32.9 Å². The number of sulfonamides is 1.